The molecule has 5 unspecified atom stereocenters. The Morgan fingerprint density at radius 3 is 2.35 bits per heavy atom. The van der Waals surface area contributed by atoms with Gasteiger partial charge in [0.05, 0.1) is 5.92 Å². The summed E-state index contributed by atoms with van der Waals surface area (Å²) in [4.78, 5) is 3.64. The van der Waals surface area contributed by atoms with E-state index >= 15 is 0 Å². The average Bonchev–Trinajstić information content (AvgIpc) is 2.44. The van der Waals surface area contributed by atoms with Crippen molar-refractivity contribution in [1.29, 1.82) is 0 Å². The van der Waals surface area contributed by atoms with Gasteiger partial charge in [-0.05, 0) is 0 Å². The number of aliphatic imine (C=N–C) groups is 1. The highest BCUT2D eigenvalue weighted by atomic mass is 16.9. The fraction of sp³-hybridized carbons (Fsp3) is 0.909. The number of aliphatic hydroxyl groups is 7. The second-order valence-corrected chi connectivity index (χ2v) is 6.33. The molecule has 3 saturated heterocycles. The number of hydrogen-bond donors (Lipinski definition) is 9. The minimum atomic E-state index is -2.64. The molecule has 4 heterocycles. The Hall–Kier alpha value is -1.09. The Morgan fingerprint density at radius 2 is 1.74 bits per heavy atom. The van der Waals surface area contributed by atoms with Crippen molar-refractivity contribution in [2.75, 3.05) is 0 Å². The smallest absolute Gasteiger partial charge is 0.311 e. The van der Waals surface area contributed by atoms with E-state index in [0.29, 0.717) is 0 Å². The Kier molecular flexibility index (Phi) is 2.76. The molecule has 1 saturated carbocycles. The maximum atomic E-state index is 10.6. The Morgan fingerprint density at radius 1 is 1.13 bits per heavy atom. The molecular formula is C11H17N3O9. The maximum Gasteiger partial charge on any atom is 0.311 e. The molecule has 1 aliphatic carbocycles. The topological polar surface area (TPSA) is 210 Å². The van der Waals surface area contributed by atoms with Crippen molar-refractivity contribution < 1.29 is 45.2 Å². The van der Waals surface area contributed by atoms with Crippen LogP contribution in [0.4, 0.5) is 0 Å². The van der Waals surface area contributed by atoms with Crippen LogP contribution in [0.3, 0.4) is 0 Å². The van der Waals surface area contributed by atoms with Crippen LogP contribution in [0.5, 0.6) is 0 Å². The lowest BCUT2D eigenvalue weighted by Crippen LogP contribution is -2.96. The van der Waals surface area contributed by atoms with E-state index in [1.54, 1.807) is 0 Å². The van der Waals surface area contributed by atoms with Crippen LogP contribution < -0.4 is 11.1 Å². The first kappa shape index (κ1) is 15.4. The molecule has 4 aliphatic heterocycles. The van der Waals surface area contributed by atoms with E-state index in [4.69, 9.17) is 15.2 Å². The predicted octanol–water partition coefficient (Wildman–Crippen LogP) is -6.20. The van der Waals surface area contributed by atoms with Crippen LogP contribution in [-0.4, -0.2) is 95.8 Å². The van der Waals surface area contributed by atoms with Gasteiger partial charge < -0.3 is 56.3 Å². The zero-order chi connectivity index (χ0) is 16.9. The first-order valence-electron chi connectivity index (χ1n) is 6.91. The summed E-state index contributed by atoms with van der Waals surface area (Å²) in [5.41, 5.74) is 1.10. The minimum Gasteiger partial charge on any atom is -0.388 e. The van der Waals surface area contributed by atoms with Gasteiger partial charge in [0.15, 0.2) is 30.2 Å². The van der Waals surface area contributed by atoms with Crippen molar-refractivity contribution >= 4 is 5.96 Å². The Balaban J connectivity index is 1.95. The van der Waals surface area contributed by atoms with Gasteiger partial charge >= 0.3 is 5.97 Å². The molecule has 23 heavy (non-hydrogen) atoms. The number of hydrogen-bond acceptors (Lipinski definition) is 12. The fourth-order valence-corrected chi connectivity index (χ4v) is 4.29. The number of ether oxygens (including phenoxy) is 2. The number of aliphatic hydroxyl groups excluding tert-OH is 4. The molecule has 0 radical (unpaired) electrons. The van der Waals surface area contributed by atoms with Crippen molar-refractivity contribution in [2.24, 2.45) is 16.6 Å². The van der Waals surface area contributed by atoms with Gasteiger partial charge in [-0.15, -0.1) is 0 Å². The first-order valence-corrected chi connectivity index (χ1v) is 6.91. The molecule has 5 rings (SSSR count). The van der Waals surface area contributed by atoms with Gasteiger partial charge in [-0.1, -0.05) is 0 Å². The third kappa shape index (κ3) is 1.45. The molecule has 0 aromatic heterocycles. The zero-order valence-corrected chi connectivity index (χ0v) is 11.5. The van der Waals surface area contributed by atoms with E-state index in [2.05, 4.69) is 10.3 Å². The van der Waals surface area contributed by atoms with Gasteiger partial charge in [0.1, 0.15) is 23.9 Å². The summed E-state index contributed by atoms with van der Waals surface area (Å²) in [6.07, 6.45) is -11.1. The molecule has 12 nitrogen and oxygen atoms in total. The summed E-state index contributed by atoms with van der Waals surface area (Å²) in [6, 6.07) is 0. The lowest BCUT2D eigenvalue weighted by Gasteiger charge is -2.71. The van der Waals surface area contributed by atoms with Gasteiger partial charge in [0, 0.05) is 0 Å². The zero-order valence-electron chi connectivity index (χ0n) is 11.5. The molecule has 0 aromatic carbocycles. The third-order valence-electron chi connectivity index (χ3n) is 5.31. The number of nitrogens with zero attached hydrogens (tertiary/aromatic N) is 1. The van der Waals surface area contributed by atoms with Gasteiger partial charge in [-0.3, -0.25) is 0 Å². The standard InChI is InChI=1S/C11H17N3O9/c12-8-13-5(16)1-3-10(20,7(18)19)4-2(15)9(1,14-8)6(17)11(21,22-3)23-4/h1-7,15-21H,(H3,12,13,14)/t1?,2-,3?,4?,5?,6+,9+,10+,11?/m1/s1. The van der Waals surface area contributed by atoms with Crippen molar-refractivity contribution in [3.05, 3.63) is 0 Å². The Bertz CT molecular complexity index is 589. The summed E-state index contributed by atoms with van der Waals surface area (Å²) >= 11 is 0. The van der Waals surface area contributed by atoms with Crippen LogP contribution in [0.15, 0.2) is 4.99 Å². The molecule has 1 spiro atoms. The molecule has 9 atom stereocenters. The molecule has 130 valence electrons. The SMILES string of the molecule is NC1=NC(O)C2C3OC4(O)OC([C@@H](O)[C@]2(N1)[C@@H]4O)[C@]3(O)C(O)O. The van der Waals surface area contributed by atoms with Crippen LogP contribution in [-0.2, 0) is 9.47 Å². The summed E-state index contributed by atoms with van der Waals surface area (Å²) in [6.45, 7) is 0. The average molecular weight is 335 g/mol. The molecule has 4 bridgehead atoms. The first-order chi connectivity index (χ1) is 10.6. The van der Waals surface area contributed by atoms with Gasteiger partial charge in [-0.25, -0.2) is 4.99 Å². The van der Waals surface area contributed by atoms with Crippen molar-refractivity contribution in [3.63, 3.8) is 0 Å². The lowest BCUT2D eigenvalue weighted by molar-refractivity contribution is -0.557. The number of guanidine groups is 1. The van der Waals surface area contributed by atoms with E-state index in [9.17, 15) is 35.7 Å². The monoisotopic (exact) mass is 335 g/mol. The number of nitrogens with two attached hydrogens (primary N) is 1. The Labute approximate surface area is 128 Å². The fourth-order valence-electron chi connectivity index (χ4n) is 4.29. The van der Waals surface area contributed by atoms with Crippen LogP contribution >= 0.6 is 0 Å². The third-order valence-corrected chi connectivity index (χ3v) is 5.31. The van der Waals surface area contributed by atoms with E-state index in [1.807, 2.05) is 0 Å². The number of rotatable bonds is 1. The largest absolute Gasteiger partial charge is 0.388 e. The molecule has 10 N–H and O–H groups in total. The van der Waals surface area contributed by atoms with E-state index < -0.39 is 60.0 Å². The van der Waals surface area contributed by atoms with Crippen molar-refractivity contribution in [3.8, 4) is 0 Å². The van der Waals surface area contributed by atoms with E-state index in [-0.39, 0.29) is 5.96 Å². The maximum absolute atomic E-state index is 10.6. The second kappa shape index (κ2) is 4.11. The molecular weight excluding hydrogens is 318 g/mol. The summed E-state index contributed by atoms with van der Waals surface area (Å²) in [5.74, 6) is -4.31. The lowest BCUT2D eigenvalue weighted by atomic mass is 9.54. The minimum absolute atomic E-state index is 0.314. The highest BCUT2D eigenvalue weighted by molar-refractivity contribution is 5.80. The van der Waals surface area contributed by atoms with Gasteiger partial charge in [0.25, 0.3) is 0 Å². The van der Waals surface area contributed by atoms with E-state index in [0.717, 1.165) is 0 Å². The van der Waals surface area contributed by atoms with Gasteiger partial charge in [0.2, 0.25) is 0 Å². The normalized spacial score (nSPS) is 60.4. The highest BCUT2D eigenvalue weighted by Crippen LogP contribution is 2.59. The quantitative estimate of drug-likeness (QED) is 0.206. The van der Waals surface area contributed by atoms with Crippen LogP contribution in [0.1, 0.15) is 0 Å². The molecule has 5 aliphatic rings. The highest BCUT2D eigenvalue weighted by Gasteiger charge is 2.84. The summed E-state index contributed by atoms with van der Waals surface area (Å²) in [5, 5.41) is 73.9. The van der Waals surface area contributed by atoms with Gasteiger partial charge in [-0.2, -0.15) is 0 Å². The van der Waals surface area contributed by atoms with Crippen LogP contribution in [0, 0.1) is 5.92 Å². The summed E-state index contributed by atoms with van der Waals surface area (Å²) < 4.78 is 10.1. The van der Waals surface area contributed by atoms with E-state index in [1.165, 1.54) is 0 Å². The van der Waals surface area contributed by atoms with Crippen LogP contribution in [0.2, 0.25) is 0 Å². The summed E-state index contributed by atoms with van der Waals surface area (Å²) in [7, 11) is 0. The molecule has 0 aromatic rings. The van der Waals surface area contributed by atoms with Crippen molar-refractivity contribution in [2.45, 2.75) is 54.0 Å². The molecule has 4 fully saturated rings. The van der Waals surface area contributed by atoms with Crippen LogP contribution in [0.25, 0.3) is 0 Å². The van der Waals surface area contributed by atoms with Crippen molar-refractivity contribution in [1.82, 2.24) is 5.32 Å². The molecule has 0 amide bonds. The molecule has 12 heteroatoms. The number of nitrogens with one attached hydrogen (secondary N) is 1. The predicted molar refractivity (Wildman–Crippen MR) is 66.9 cm³/mol. The second-order valence-electron chi connectivity index (χ2n) is 6.33.